The van der Waals surface area contributed by atoms with Gasteiger partial charge >= 0.3 is 5.97 Å². The minimum absolute atomic E-state index is 0.0250. The molecule has 1 aliphatic carbocycles. The summed E-state index contributed by atoms with van der Waals surface area (Å²) in [6, 6.07) is 7.04. The number of terminal acetylenes is 1. The van der Waals surface area contributed by atoms with Crippen molar-refractivity contribution < 1.29 is 23.8 Å². The molecule has 1 heterocycles. The van der Waals surface area contributed by atoms with Gasteiger partial charge in [-0.15, -0.1) is 6.42 Å². The Kier molecular flexibility index (Phi) is 4.99. The van der Waals surface area contributed by atoms with Gasteiger partial charge in [0.1, 0.15) is 23.7 Å². The lowest BCUT2D eigenvalue weighted by Crippen LogP contribution is -2.31. The fourth-order valence-electron chi connectivity index (χ4n) is 3.28. The number of hydrogen-bond donors (Lipinski definition) is 1. The number of benzene rings is 1. The highest BCUT2D eigenvalue weighted by molar-refractivity contribution is 6.03. The normalized spacial score (nSPS) is 19.4. The first kappa shape index (κ1) is 17.6. The quantitative estimate of drug-likeness (QED) is 0.659. The standard InChI is InChI=1S/C20H19NO5/c1-3-11-25-13-9-7-12(8-10-13)16-17-14(22)5-4-6-15(17)26-19(21)18(16)20(23)24-2/h1,7-10,16H,4-6,11,21H2,2H3. The third-order valence-corrected chi connectivity index (χ3v) is 4.43. The Morgan fingerprint density at radius 1 is 1.35 bits per heavy atom. The largest absolute Gasteiger partial charge is 0.481 e. The van der Waals surface area contributed by atoms with Crippen LogP contribution in [0.4, 0.5) is 0 Å². The number of methoxy groups -OCH3 is 1. The Hall–Kier alpha value is -3.20. The van der Waals surface area contributed by atoms with Crippen LogP contribution in [0, 0.1) is 12.3 Å². The molecule has 26 heavy (non-hydrogen) atoms. The molecule has 0 bridgehead atoms. The highest BCUT2D eigenvalue weighted by Gasteiger charge is 2.40. The van der Waals surface area contributed by atoms with E-state index in [-0.39, 0.29) is 23.8 Å². The lowest BCUT2D eigenvalue weighted by molar-refractivity contribution is -0.136. The predicted octanol–water partition coefficient (Wildman–Crippen LogP) is 2.16. The fourth-order valence-corrected chi connectivity index (χ4v) is 3.28. The van der Waals surface area contributed by atoms with Crippen LogP contribution in [0.15, 0.2) is 47.1 Å². The van der Waals surface area contributed by atoms with Crippen molar-refractivity contribution in [2.24, 2.45) is 5.73 Å². The molecule has 0 saturated carbocycles. The minimum atomic E-state index is -0.624. The summed E-state index contributed by atoms with van der Waals surface area (Å²) < 4.78 is 15.8. The lowest BCUT2D eigenvalue weighted by atomic mass is 9.77. The van der Waals surface area contributed by atoms with E-state index in [2.05, 4.69) is 5.92 Å². The van der Waals surface area contributed by atoms with E-state index >= 15 is 0 Å². The molecule has 1 unspecified atom stereocenters. The van der Waals surface area contributed by atoms with Crippen molar-refractivity contribution in [1.29, 1.82) is 0 Å². The molecular weight excluding hydrogens is 334 g/mol. The molecule has 0 spiro atoms. The Bertz CT molecular complexity index is 842. The zero-order valence-corrected chi connectivity index (χ0v) is 14.4. The van der Waals surface area contributed by atoms with E-state index in [0.29, 0.717) is 36.3 Å². The summed E-state index contributed by atoms with van der Waals surface area (Å²) in [5.74, 6) is 2.21. The number of esters is 1. The molecule has 2 aliphatic rings. The summed E-state index contributed by atoms with van der Waals surface area (Å²) in [5, 5.41) is 0. The SMILES string of the molecule is C#CCOc1ccc(C2C(C(=O)OC)=C(N)OC3=C2C(=O)CCC3)cc1. The molecule has 1 aliphatic heterocycles. The van der Waals surface area contributed by atoms with Crippen molar-refractivity contribution in [3.8, 4) is 18.1 Å². The van der Waals surface area contributed by atoms with Crippen LogP contribution >= 0.6 is 0 Å². The van der Waals surface area contributed by atoms with Gasteiger partial charge in [0.2, 0.25) is 5.88 Å². The number of rotatable bonds is 4. The van der Waals surface area contributed by atoms with Gasteiger partial charge in [-0.3, -0.25) is 4.79 Å². The van der Waals surface area contributed by atoms with E-state index < -0.39 is 11.9 Å². The third kappa shape index (κ3) is 3.16. The maximum absolute atomic E-state index is 12.6. The van der Waals surface area contributed by atoms with Crippen molar-refractivity contribution in [3.63, 3.8) is 0 Å². The second-order valence-electron chi connectivity index (χ2n) is 5.98. The minimum Gasteiger partial charge on any atom is -0.481 e. The summed E-state index contributed by atoms with van der Waals surface area (Å²) >= 11 is 0. The van der Waals surface area contributed by atoms with Crippen molar-refractivity contribution >= 4 is 11.8 Å². The van der Waals surface area contributed by atoms with Gasteiger partial charge in [-0.2, -0.15) is 0 Å². The molecule has 0 fully saturated rings. The Balaban J connectivity index is 2.07. The number of hydrogen-bond acceptors (Lipinski definition) is 6. The molecule has 3 rings (SSSR count). The zero-order chi connectivity index (χ0) is 18.7. The monoisotopic (exact) mass is 353 g/mol. The molecule has 2 N–H and O–H groups in total. The van der Waals surface area contributed by atoms with Gasteiger partial charge in [0.15, 0.2) is 5.78 Å². The molecule has 6 nitrogen and oxygen atoms in total. The highest BCUT2D eigenvalue weighted by Crippen LogP contribution is 2.44. The van der Waals surface area contributed by atoms with Crippen LogP contribution in [0.3, 0.4) is 0 Å². The molecule has 0 radical (unpaired) electrons. The van der Waals surface area contributed by atoms with Gasteiger partial charge in [-0.05, 0) is 24.1 Å². The zero-order valence-electron chi connectivity index (χ0n) is 14.4. The average Bonchev–Trinajstić information content (AvgIpc) is 2.65. The molecule has 0 aromatic heterocycles. The van der Waals surface area contributed by atoms with Crippen molar-refractivity contribution in [2.75, 3.05) is 13.7 Å². The number of carbonyl (C=O) groups is 2. The van der Waals surface area contributed by atoms with Crippen molar-refractivity contribution in [1.82, 2.24) is 0 Å². The summed E-state index contributed by atoms with van der Waals surface area (Å²) in [5.41, 5.74) is 7.34. The lowest BCUT2D eigenvalue weighted by Gasteiger charge is -2.32. The van der Waals surface area contributed by atoms with Crippen LogP contribution in [0.1, 0.15) is 30.7 Å². The van der Waals surface area contributed by atoms with E-state index in [4.69, 9.17) is 26.4 Å². The van der Waals surface area contributed by atoms with Crippen molar-refractivity contribution in [3.05, 3.63) is 52.6 Å². The van der Waals surface area contributed by atoms with E-state index in [9.17, 15) is 9.59 Å². The van der Waals surface area contributed by atoms with Crippen molar-refractivity contribution in [2.45, 2.75) is 25.2 Å². The molecule has 1 aromatic carbocycles. The second kappa shape index (κ2) is 7.36. The van der Waals surface area contributed by atoms with Crippen LogP contribution in [0.2, 0.25) is 0 Å². The summed E-state index contributed by atoms with van der Waals surface area (Å²) in [4.78, 5) is 24.9. The molecule has 134 valence electrons. The number of ether oxygens (including phenoxy) is 3. The van der Waals surface area contributed by atoms with Crippen LogP contribution < -0.4 is 10.5 Å². The smallest absolute Gasteiger partial charge is 0.340 e. The third-order valence-electron chi connectivity index (χ3n) is 4.43. The highest BCUT2D eigenvalue weighted by atomic mass is 16.5. The average molecular weight is 353 g/mol. The van der Waals surface area contributed by atoms with E-state index in [0.717, 1.165) is 5.56 Å². The van der Waals surface area contributed by atoms with E-state index in [1.54, 1.807) is 24.3 Å². The molecule has 6 heteroatoms. The predicted molar refractivity (Wildman–Crippen MR) is 93.7 cm³/mol. The number of allylic oxidation sites excluding steroid dienone is 2. The Morgan fingerprint density at radius 2 is 2.08 bits per heavy atom. The summed E-state index contributed by atoms with van der Waals surface area (Å²) in [7, 11) is 1.27. The van der Waals surface area contributed by atoms with Crippen LogP contribution in [-0.4, -0.2) is 25.5 Å². The summed E-state index contributed by atoms with van der Waals surface area (Å²) in [6.45, 7) is 0.157. The summed E-state index contributed by atoms with van der Waals surface area (Å²) in [6.07, 6.45) is 6.91. The number of nitrogens with two attached hydrogens (primary N) is 1. The second-order valence-corrected chi connectivity index (χ2v) is 5.98. The Labute approximate surface area is 151 Å². The van der Waals surface area contributed by atoms with Gasteiger partial charge < -0.3 is 19.9 Å². The topological polar surface area (TPSA) is 87.8 Å². The molecular formula is C20H19NO5. The molecule has 0 saturated heterocycles. The van der Waals surface area contributed by atoms with E-state index in [1.165, 1.54) is 7.11 Å². The van der Waals surface area contributed by atoms with E-state index in [1.807, 2.05) is 0 Å². The van der Waals surface area contributed by atoms with Gasteiger partial charge in [0, 0.05) is 18.4 Å². The Morgan fingerprint density at radius 3 is 2.73 bits per heavy atom. The fraction of sp³-hybridized carbons (Fsp3) is 0.300. The van der Waals surface area contributed by atoms with Gasteiger partial charge in [0.25, 0.3) is 0 Å². The van der Waals surface area contributed by atoms with Crippen LogP contribution in [-0.2, 0) is 19.1 Å². The van der Waals surface area contributed by atoms with Crippen LogP contribution in [0.5, 0.6) is 5.75 Å². The number of ketones is 1. The number of carbonyl (C=O) groups excluding carboxylic acids is 2. The van der Waals surface area contributed by atoms with Gasteiger partial charge in [-0.1, -0.05) is 18.1 Å². The number of Topliss-reactive ketones (excluding diaryl/α,β-unsaturated/α-hetero) is 1. The molecule has 1 aromatic rings. The van der Waals surface area contributed by atoms with Gasteiger partial charge in [-0.25, -0.2) is 4.79 Å². The maximum Gasteiger partial charge on any atom is 0.340 e. The maximum atomic E-state index is 12.6. The molecule has 0 amide bonds. The first-order valence-corrected chi connectivity index (χ1v) is 8.25. The first-order chi connectivity index (χ1) is 12.6. The van der Waals surface area contributed by atoms with Crippen LogP contribution in [0.25, 0.3) is 0 Å². The van der Waals surface area contributed by atoms with Gasteiger partial charge in [0.05, 0.1) is 13.0 Å². The first-order valence-electron chi connectivity index (χ1n) is 8.25. The molecule has 1 atom stereocenters.